The molecule has 0 aromatic carbocycles. The highest BCUT2D eigenvalue weighted by Crippen LogP contribution is 2.38. The van der Waals surface area contributed by atoms with Crippen LogP contribution in [-0.4, -0.2) is 22.0 Å². The molecule has 2 unspecified atom stereocenters. The lowest BCUT2D eigenvalue weighted by molar-refractivity contribution is -0.00386. The van der Waals surface area contributed by atoms with Crippen LogP contribution in [0.3, 0.4) is 0 Å². The van der Waals surface area contributed by atoms with Crippen LogP contribution in [0.5, 0.6) is 0 Å². The second kappa shape index (κ2) is 4.96. The molecule has 1 aliphatic rings. The Balaban J connectivity index is 2.29. The number of aromatic nitrogens is 2. The van der Waals surface area contributed by atoms with Crippen LogP contribution >= 0.6 is 11.6 Å². The normalized spacial score (nSPS) is 26.4. The zero-order valence-corrected chi connectivity index (χ0v) is 11.2. The minimum atomic E-state index is -0.310. The van der Waals surface area contributed by atoms with Crippen molar-refractivity contribution < 1.29 is 4.74 Å². The van der Waals surface area contributed by atoms with Crippen molar-refractivity contribution in [3.05, 3.63) is 16.9 Å². The largest absolute Gasteiger partial charge is 0.373 e. The van der Waals surface area contributed by atoms with Crippen molar-refractivity contribution in [2.75, 3.05) is 6.61 Å². The van der Waals surface area contributed by atoms with Crippen LogP contribution in [0.4, 0.5) is 0 Å². The molecule has 4 nitrogen and oxygen atoms in total. The summed E-state index contributed by atoms with van der Waals surface area (Å²) in [5, 5.41) is 4.92. The lowest BCUT2D eigenvalue weighted by Gasteiger charge is -2.31. The van der Waals surface area contributed by atoms with Gasteiger partial charge in [0.1, 0.15) is 0 Å². The van der Waals surface area contributed by atoms with Gasteiger partial charge in [-0.05, 0) is 26.2 Å². The van der Waals surface area contributed by atoms with Crippen molar-refractivity contribution in [3.8, 4) is 0 Å². The molecule has 5 heteroatoms. The van der Waals surface area contributed by atoms with Gasteiger partial charge >= 0.3 is 0 Å². The van der Waals surface area contributed by atoms with Crippen molar-refractivity contribution >= 4 is 11.6 Å². The zero-order chi connectivity index (χ0) is 12.5. The van der Waals surface area contributed by atoms with Crippen molar-refractivity contribution in [2.24, 2.45) is 5.73 Å². The minimum Gasteiger partial charge on any atom is -0.373 e. The number of nitrogens with two attached hydrogens (primary N) is 1. The molecule has 1 fully saturated rings. The van der Waals surface area contributed by atoms with E-state index in [1.165, 1.54) is 0 Å². The summed E-state index contributed by atoms with van der Waals surface area (Å²) in [5.74, 6) is 0. The molecule has 1 saturated heterocycles. The van der Waals surface area contributed by atoms with Gasteiger partial charge in [0, 0.05) is 13.2 Å². The van der Waals surface area contributed by atoms with Gasteiger partial charge in [0.25, 0.3) is 0 Å². The molecule has 0 saturated carbocycles. The van der Waals surface area contributed by atoms with E-state index in [0.29, 0.717) is 5.02 Å². The molecule has 0 aliphatic carbocycles. The first-order valence-electron chi connectivity index (χ1n) is 6.19. The molecular formula is C12H20ClN3O. The van der Waals surface area contributed by atoms with Crippen LogP contribution in [-0.2, 0) is 11.3 Å². The molecule has 96 valence electrons. The van der Waals surface area contributed by atoms with Gasteiger partial charge in [-0.1, -0.05) is 18.5 Å². The van der Waals surface area contributed by atoms with E-state index in [-0.39, 0.29) is 11.6 Å². The fraction of sp³-hybridized carbons (Fsp3) is 0.750. The van der Waals surface area contributed by atoms with E-state index in [1.807, 2.05) is 4.68 Å². The molecule has 2 N–H and O–H groups in total. The predicted molar refractivity (Wildman–Crippen MR) is 68.0 cm³/mol. The Labute approximate surface area is 107 Å². The standard InChI is InChI=1S/C12H20ClN3O/c1-3-6-16-10(9(13)8-15-16)11(14)12(2)5-4-7-17-12/h8,11H,3-7,14H2,1-2H3. The fourth-order valence-electron chi connectivity index (χ4n) is 2.41. The van der Waals surface area contributed by atoms with Gasteiger partial charge in [0.05, 0.1) is 28.6 Å². The highest BCUT2D eigenvalue weighted by Gasteiger charge is 2.39. The maximum absolute atomic E-state index is 6.34. The Bertz CT molecular complexity index is 385. The van der Waals surface area contributed by atoms with Gasteiger partial charge in [-0.3, -0.25) is 4.68 Å². The quantitative estimate of drug-likeness (QED) is 0.902. The molecule has 17 heavy (non-hydrogen) atoms. The summed E-state index contributed by atoms with van der Waals surface area (Å²) in [4.78, 5) is 0. The van der Waals surface area contributed by atoms with Crippen LogP contribution in [0.15, 0.2) is 6.20 Å². The SMILES string of the molecule is CCCn1ncc(Cl)c1C(N)C1(C)CCCO1. The molecule has 2 heterocycles. The van der Waals surface area contributed by atoms with Crippen LogP contribution < -0.4 is 5.73 Å². The lowest BCUT2D eigenvalue weighted by Crippen LogP contribution is -2.39. The summed E-state index contributed by atoms with van der Waals surface area (Å²) in [6.07, 6.45) is 4.71. The molecule has 2 rings (SSSR count). The monoisotopic (exact) mass is 257 g/mol. The summed E-state index contributed by atoms with van der Waals surface area (Å²) in [5.41, 5.74) is 6.93. The van der Waals surface area contributed by atoms with E-state index in [2.05, 4.69) is 18.9 Å². The number of hydrogen-bond acceptors (Lipinski definition) is 3. The van der Waals surface area contributed by atoms with Crippen LogP contribution in [0, 0.1) is 0 Å². The molecule has 0 amide bonds. The topological polar surface area (TPSA) is 53.1 Å². The van der Waals surface area contributed by atoms with Crippen molar-refractivity contribution in [2.45, 2.75) is 51.3 Å². The van der Waals surface area contributed by atoms with E-state index >= 15 is 0 Å². The summed E-state index contributed by atoms with van der Waals surface area (Å²) >= 11 is 6.20. The smallest absolute Gasteiger partial charge is 0.0862 e. The summed E-state index contributed by atoms with van der Waals surface area (Å²) < 4.78 is 7.69. The first-order valence-corrected chi connectivity index (χ1v) is 6.57. The van der Waals surface area contributed by atoms with E-state index in [1.54, 1.807) is 6.20 Å². The average molecular weight is 258 g/mol. The number of aryl methyl sites for hydroxylation is 1. The Morgan fingerprint density at radius 1 is 1.71 bits per heavy atom. The number of hydrogen-bond donors (Lipinski definition) is 1. The number of ether oxygens (including phenoxy) is 1. The molecule has 0 radical (unpaired) electrons. The minimum absolute atomic E-state index is 0.216. The maximum Gasteiger partial charge on any atom is 0.0862 e. The van der Waals surface area contributed by atoms with E-state index in [4.69, 9.17) is 22.1 Å². The third-order valence-corrected chi connectivity index (χ3v) is 3.76. The van der Waals surface area contributed by atoms with Gasteiger partial charge in [-0.2, -0.15) is 5.10 Å². The Kier molecular flexibility index (Phi) is 3.76. The third kappa shape index (κ3) is 2.34. The maximum atomic E-state index is 6.34. The average Bonchev–Trinajstić information content (AvgIpc) is 2.87. The van der Waals surface area contributed by atoms with Crippen LogP contribution in [0.1, 0.15) is 44.8 Å². The van der Waals surface area contributed by atoms with E-state index in [0.717, 1.165) is 38.1 Å². The summed E-state index contributed by atoms with van der Waals surface area (Å²) in [6, 6.07) is -0.216. The molecule has 2 atom stereocenters. The third-order valence-electron chi connectivity index (χ3n) is 3.47. The second-order valence-corrected chi connectivity index (χ2v) is 5.25. The van der Waals surface area contributed by atoms with Crippen molar-refractivity contribution in [3.63, 3.8) is 0 Å². The highest BCUT2D eigenvalue weighted by atomic mass is 35.5. The van der Waals surface area contributed by atoms with Gasteiger partial charge in [0.15, 0.2) is 0 Å². The first-order chi connectivity index (χ1) is 8.08. The molecule has 0 spiro atoms. The van der Waals surface area contributed by atoms with E-state index in [9.17, 15) is 0 Å². The summed E-state index contributed by atoms with van der Waals surface area (Å²) in [6.45, 7) is 5.79. The van der Waals surface area contributed by atoms with Crippen molar-refractivity contribution in [1.29, 1.82) is 0 Å². The van der Waals surface area contributed by atoms with Crippen LogP contribution in [0.2, 0.25) is 5.02 Å². The molecule has 0 bridgehead atoms. The highest BCUT2D eigenvalue weighted by molar-refractivity contribution is 6.31. The molecule has 1 aromatic rings. The Morgan fingerprint density at radius 2 is 2.47 bits per heavy atom. The lowest BCUT2D eigenvalue weighted by atomic mass is 9.91. The fourth-order valence-corrected chi connectivity index (χ4v) is 2.67. The molecule has 1 aliphatic heterocycles. The van der Waals surface area contributed by atoms with E-state index < -0.39 is 0 Å². The first kappa shape index (κ1) is 12.9. The summed E-state index contributed by atoms with van der Waals surface area (Å²) in [7, 11) is 0. The Hall–Kier alpha value is -0.580. The van der Waals surface area contributed by atoms with Crippen molar-refractivity contribution in [1.82, 2.24) is 9.78 Å². The number of halogens is 1. The van der Waals surface area contributed by atoms with Gasteiger partial charge in [0.2, 0.25) is 0 Å². The van der Waals surface area contributed by atoms with Gasteiger partial charge < -0.3 is 10.5 Å². The van der Waals surface area contributed by atoms with Gasteiger partial charge in [-0.25, -0.2) is 0 Å². The number of rotatable bonds is 4. The number of nitrogens with zero attached hydrogens (tertiary/aromatic N) is 2. The second-order valence-electron chi connectivity index (χ2n) is 4.84. The molecular weight excluding hydrogens is 238 g/mol. The Morgan fingerprint density at radius 3 is 3.06 bits per heavy atom. The molecule has 1 aromatic heterocycles. The zero-order valence-electron chi connectivity index (χ0n) is 10.4. The van der Waals surface area contributed by atoms with Gasteiger partial charge in [-0.15, -0.1) is 0 Å². The predicted octanol–water partition coefficient (Wildman–Crippen LogP) is 2.52. The van der Waals surface area contributed by atoms with Crippen LogP contribution in [0.25, 0.3) is 0 Å².